The molecule has 0 spiro atoms. The first-order chi connectivity index (χ1) is 10.3. The molecule has 0 fully saturated rings. The van der Waals surface area contributed by atoms with E-state index in [1.165, 1.54) is 24.3 Å². The number of pyridine rings is 1. The second-order valence-electron chi connectivity index (χ2n) is 4.88. The highest BCUT2D eigenvalue weighted by molar-refractivity contribution is 6.32. The number of halogens is 4. The molecule has 1 aliphatic heterocycles. The SMILES string of the molecule is COC(=O)c1cnc(C2=CCN(CC(F)(F)F)CC2)c(Cl)c1. The Hall–Kier alpha value is -1.60. The molecule has 0 bridgehead atoms. The zero-order chi connectivity index (χ0) is 16.3. The van der Waals surface area contributed by atoms with Gasteiger partial charge in [-0.25, -0.2) is 4.79 Å². The molecule has 22 heavy (non-hydrogen) atoms. The van der Waals surface area contributed by atoms with Crippen LogP contribution in [-0.4, -0.2) is 48.8 Å². The minimum absolute atomic E-state index is 0.186. The van der Waals surface area contributed by atoms with E-state index < -0.39 is 18.7 Å². The summed E-state index contributed by atoms with van der Waals surface area (Å²) in [5, 5.41) is 0.276. The second kappa shape index (κ2) is 6.66. The zero-order valence-electron chi connectivity index (χ0n) is 11.8. The van der Waals surface area contributed by atoms with Gasteiger partial charge in [0.15, 0.2) is 0 Å². The maximum absolute atomic E-state index is 12.3. The van der Waals surface area contributed by atoms with Crippen LogP contribution in [0.25, 0.3) is 5.57 Å². The Bertz CT molecular complexity index is 602. The predicted molar refractivity (Wildman–Crippen MR) is 75.7 cm³/mol. The van der Waals surface area contributed by atoms with Gasteiger partial charge in [0.25, 0.3) is 0 Å². The number of aromatic nitrogens is 1. The molecule has 0 saturated heterocycles. The summed E-state index contributed by atoms with van der Waals surface area (Å²) >= 11 is 6.10. The smallest absolute Gasteiger partial charge is 0.401 e. The molecule has 0 N–H and O–H groups in total. The maximum Gasteiger partial charge on any atom is 0.401 e. The van der Waals surface area contributed by atoms with Crippen molar-refractivity contribution >= 4 is 23.1 Å². The highest BCUT2D eigenvalue weighted by atomic mass is 35.5. The van der Waals surface area contributed by atoms with Gasteiger partial charge in [-0.15, -0.1) is 0 Å². The van der Waals surface area contributed by atoms with Crippen molar-refractivity contribution in [3.63, 3.8) is 0 Å². The lowest BCUT2D eigenvalue weighted by Gasteiger charge is -2.27. The van der Waals surface area contributed by atoms with E-state index in [9.17, 15) is 18.0 Å². The summed E-state index contributed by atoms with van der Waals surface area (Å²) < 4.78 is 41.6. The van der Waals surface area contributed by atoms with Crippen molar-refractivity contribution in [3.05, 3.63) is 34.6 Å². The number of methoxy groups -OCH3 is 1. The van der Waals surface area contributed by atoms with Crippen LogP contribution < -0.4 is 0 Å². The molecule has 0 atom stereocenters. The first-order valence-electron chi connectivity index (χ1n) is 6.52. The van der Waals surface area contributed by atoms with Crippen molar-refractivity contribution in [3.8, 4) is 0 Å². The van der Waals surface area contributed by atoms with Gasteiger partial charge < -0.3 is 4.74 Å². The molecule has 4 nitrogen and oxygen atoms in total. The minimum atomic E-state index is -4.20. The van der Waals surface area contributed by atoms with E-state index in [2.05, 4.69) is 9.72 Å². The van der Waals surface area contributed by atoms with Crippen molar-refractivity contribution in [1.29, 1.82) is 0 Å². The van der Waals surface area contributed by atoms with Gasteiger partial charge in [-0.05, 0) is 18.1 Å². The number of hydrogen-bond acceptors (Lipinski definition) is 4. The molecule has 8 heteroatoms. The molecule has 1 aliphatic rings. The third-order valence-corrected chi connectivity index (χ3v) is 3.55. The molecule has 0 unspecified atom stereocenters. The lowest BCUT2D eigenvalue weighted by Crippen LogP contribution is -2.37. The molecular formula is C14H14ClF3N2O2. The van der Waals surface area contributed by atoms with E-state index in [0.29, 0.717) is 12.1 Å². The number of carbonyl (C=O) groups is 1. The molecule has 0 saturated carbocycles. The standard InChI is InChI=1S/C14H14ClF3N2O2/c1-22-13(21)10-6-11(15)12(19-7-10)9-2-4-20(5-3-9)8-14(16,17)18/h2,6-7H,3-5,8H2,1H3. The second-order valence-corrected chi connectivity index (χ2v) is 5.28. The molecule has 0 aliphatic carbocycles. The average molecular weight is 335 g/mol. The molecule has 1 aromatic heterocycles. The molecule has 0 amide bonds. The Balaban J connectivity index is 2.12. The summed E-state index contributed by atoms with van der Waals surface area (Å²) in [4.78, 5) is 16.8. The number of rotatable bonds is 3. The fraction of sp³-hybridized carbons (Fsp3) is 0.429. The minimum Gasteiger partial charge on any atom is -0.465 e. The highest BCUT2D eigenvalue weighted by Gasteiger charge is 2.31. The Morgan fingerprint density at radius 3 is 2.73 bits per heavy atom. The van der Waals surface area contributed by atoms with Crippen LogP contribution in [0.4, 0.5) is 13.2 Å². The summed E-state index contributed by atoms with van der Waals surface area (Å²) in [5.74, 6) is -0.546. The number of esters is 1. The number of alkyl halides is 3. The van der Waals surface area contributed by atoms with Crippen LogP contribution in [0.1, 0.15) is 22.5 Å². The van der Waals surface area contributed by atoms with Gasteiger partial charge in [0.05, 0.1) is 29.9 Å². The monoisotopic (exact) mass is 334 g/mol. The molecule has 1 aromatic rings. The first-order valence-corrected chi connectivity index (χ1v) is 6.90. The Morgan fingerprint density at radius 2 is 2.23 bits per heavy atom. The summed E-state index contributed by atoms with van der Waals surface area (Å²) in [6.07, 6.45) is -0.763. The van der Waals surface area contributed by atoms with Gasteiger partial charge in [0, 0.05) is 19.3 Å². The third-order valence-electron chi connectivity index (χ3n) is 3.26. The van der Waals surface area contributed by atoms with Gasteiger partial charge in [-0.3, -0.25) is 9.88 Å². The number of nitrogens with zero attached hydrogens (tertiary/aromatic N) is 2. The largest absolute Gasteiger partial charge is 0.465 e. The van der Waals surface area contributed by atoms with Crippen LogP contribution >= 0.6 is 11.6 Å². The molecule has 0 radical (unpaired) electrons. The molecule has 0 aromatic carbocycles. The quantitative estimate of drug-likeness (QED) is 0.796. The van der Waals surface area contributed by atoms with Crippen molar-refractivity contribution in [2.24, 2.45) is 0 Å². The van der Waals surface area contributed by atoms with E-state index in [1.54, 1.807) is 6.08 Å². The fourth-order valence-corrected chi connectivity index (χ4v) is 2.51. The summed E-state index contributed by atoms with van der Waals surface area (Å²) in [6.45, 7) is -0.465. The van der Waals surface area contributed by atoms with E-state index in [1.807, 2.05) is 0 Å². The van der Waals surface area contributed by atoms with E-state index in [4.69, 9.17) is 11.6 Å². The van der Waals surface area contributed by atoms with Gasteiger partial charge in [0.1, 0.15) is 0 Å². The fourth-order valence-electron chi connectivity index (χ4n) is 2.23. The number of ether oxygens (including phenoxy) is 1. The molecule has 2 heterocycles. The van der Waals surface area contributed by atoms with Crippen LogP contribution in [0, 0.1) is 0 Å². The number of carbonyl (C=O) groups excluding carboxylic acids is 1. The lowest BCUT2D eigenvalue weighted by molar-refractivity contribution is -0.144. The maximum atomic E-state index is 12.3. The molecular weight excluding hydrogens is 321 g/mol. The van der Waals surface area contributed by atoms with Crippen molar-refractivity contribution in [2.45, 2.75) is 12.6 Å². The van der Waals surface area contributed by atoms with Gasteiger partial charge >= 0.3 is 12.1 Å². The van der Waals surface area contributed by atoms with Crippen LogP contribution in [0.5, 0.6) is 0 Å². The summed E-state index contributed by atoms with van der Waals surface area (Å²) in [5.41, 5.74) is 1.49. The van der Waals surface area contributed by atoms with Crippen LogP contribution in [0.15, 0.2) is 18.3 Å². The summed E-state index contributed by atoms with van der Waals surface area (Å²) in [7, 11) is 1.25. The zero-order valence-corrected chi connectivity index (χ0v) is 12.5. The Labute approximate surface area is 130 Å². The number of hydrogen-bond donors (Lipinski definition) is 0. The van der Waals surface area contributed by atoms with Gasteiger partial charge in [0.2, 0.25) is 0 Å². The topological polar surface area (TPSA) is 42.4 Å². The lowest BCUT2D eigenvalue weighted by atomic mass is 10.0. The summed E-state index contributed by atoms with van der Waals surface area (Å²) in [6, 6.07) is 1.44. The first kappa shape index (κ1) is 16.8. The van der Waals surface area contributed by atoms with Gasteiger partial charge in [-0.2, -0.15) is 13.2 Å². The van der Waals surface area contributed by atoms with E-state index in [0.717, 1.165) is 5.57 Å². The van der Waals surface area contributed by atoms with Crippen LogP contribution in [0.3, 0.4) is 0 Å². The van der Waals surface area contributed by atoms with Crippen molar-refractivity contribution in [1.82, 2.24) is 9.88 Å². The molecule has 120 valence electrons. The Kier molecular flexibility index (Phi) is 5.08. The van der Waals surface area contributed by atoms with E-state index >= 15 is 0 Å². The predicted octanol–water partition coefficient (Wildman–Crippen LogP) is 3.17. The van der Waals surface area contributed by atoms with Crippen molar-refractivity contribution < 1.29 is 22.7 Å². The Morgan fingerprint density at radius 1 is 1.50 bits per heavy atom. The van der Waals surface area contributed by atoms with Crippen LogP contribution in [0.2, 0.25) is 5.02 Å². The van der Waals surface area contributed by atoms with Gasteiger partial charge in [-0.1, -0.05) is 17.7 Å². The highest BCUT2D eigenvalue weighted by Crippen LogP contribution is 2.28. The van der Waals surface area contributed by atoms with Crippen molar-refractivity contribution in [2.75, 3.05) is 26.7 Å². The van der Waals surface area contributed by atoms with E-state index in [-0.39, 0.29) is 23.7 Å². The normalized spacial score (nSPS) is 16.3. The molecule has 2 rings (SSSR count). The third kappa shape index (κ3) is 4.20. The van der Waals surface area contributed by atoms with Crippen LogP contribution in [-0.2, 0) is 4.74 Å². The average Bonchev–Trinajstić information content (AvgIpc) is 2.46.